The molecule has 0 aliphatic rings. The number of benzene rings is 2. The predicted octanol–water partition coefficient (Wildman–Crippen LogP) is 3.91. The van der Waals surface area contributed by atoms with Gasteiger partial charge >= 0.3 is 0 Å². The predicted molar refractivity (Wildman–Crippen MR) is 90.7 cm³/mol. The molecule has 23 heavy (non-hydrogen) atoms. The van der Waals surface area contributed by atoms with Gasteiger partial charge in [0.2, 0.25) is 0 Å². The second kappa shape index (κ2) is 8.53. The summed E-state index contributed by atoms with van der Waals surface area (Å²) in [5, 5.41) is 0. The molecular weight excluding hydrogens is 293 g/mol. The fraction of sp³-hybridized carbons (Fsp3) is 0.368. The Kier molecular flexibility index (Phi) is 6.41. The molecule has 0 spiro atoms. The van der Waals surface area contributed by atoms with Crippen LogP contribution in [0, 0.1) is 5.82 Å². The highest BCUT2D eigenvalue weighted by Crippen LogP contribution is 2.31. The van der Waals surface area contributed by atoms with Gasteiger partial charge in [0.1, 0.15) is 5.82 Å². The van der Waals surface area contributed by atoms with Gasteiger partial charge in [0.05, 0.1) is 13.7 Å². The Hall–Kier alpha value is -2.07. The Morgan fingerprint density at radius 2 is 1.91 bits per heavy atom. The van der Waals surface area contributed by atoms with Crippen molar-refractivity contribution in [1.82, 2.24) is 0 Å². The summed E-state index contributed by atoms with van der Waals surface area (Å²) < 4.78 is 25.0. The Morgan fingerprint density at radius 3 is 2.57 bits per heavy atom. The summed E-state index contributed by atoms with van der Waals surface area (Å²) in [5.74, 6) is 1.15. The van der Waals surface area contributed by atoms with Crippen LogP contribution in [0.5, 0.6) is 11.5 Å². The Balaban J connectivity index is 2.22. The fourth-order valence-corrected chi connectivity index (χ4v) is 2.58. The second-order valence-corrected chi connectivity index (χ2v) is 5.49. The summed E-state index contributed by atoms with van der Waals surface area (Å²) in [5.41, 5.74) is 7.58. The number of ether oxygens (including phenoxy) is 2. The van der Waals surface area contributed by atoms with Crippen LogP contribution in [0.15, 0.2) is 42.5 Å². The van der Waals surface area contributed by atoms with Gasteiger partial charge in [-0.15, -0.1) is 0 Å². The zero-order valence-corrected chi connectivity index (χ0v) is 13.7. The molecule has 0 saturated carbocycles. The zero-order valence-electron chi connectivity index (χ0n) is 13.7. The average molecular weight is 317 g/mol. The quantitative estimate of drug-likeness (QED) is 0.803. The summed E-state index contributed by atoms with van der Waals surface area (Å²) in [6.07, 6.45) is 1.58. The monoisotopic (exact) mass is 317 g/mol. The maximum Gasteiger partial charge on any atom is 0.161 e. The van der Waals surface area contributed by atoms with Crippen LogP contribution < -0.4 is 15.2 Å². The zero-order chi connectivity index (χ0) is 16.7. The molecule has 1 unspecified atom stereocenters. The van der Waals surface area contributed by atoms with Gasteiger partial charge in [-0.1, -0.05) is 31.2 Å². The molecular formula is C19H24FNO2. The molecule has 0 bridgehead atoms. The minimum absolute atomic E-state index is 0.0661. The average Bonchev–Trinajstić information content (AvgIpc) is 2.58. The fourth-order valence-electron chi connectivity index (χ4n) is 2.58. The summed E-state index contributed by atoms with van der Waals surface area (Å²) in [7, 11) is 1.62. The lowest BCUT2D eigenvalue weighted by atomic mass is 9.91. The van der Waals surface area contributed by atoms with E-state index >= 15 is 0 Å². The number of hydrogen-bond donors (Lipinski definition) is 1. The third-order valence-electron chi connectivity index (χ3n) is 3.80. The van der Waals surface area contributed by atoms with Crippen molar-refractivity contribution in [2.45, 2.75) is 25.7 Å². The number of nitrogens with two attached hydrogens (primary N) is 1. The lowest BCUT2D eigenvalue weighted by Gasteiger charge is -2.17. The van der Waals surface area contributed by atoms with E-state index in [-0.39, 0.29) is 11.7 Å². The van der Waals surface area contributed by atoms with Crippen LogP contribution in [-0.4, -0.2) is 20.3 Å². The topological polar surface area (TPSA) is 44.5 Å². The van der Waals surface area contributed by atoms with Crippen LogP contribution in [0.4, 0.5) is 4.39 Å². The molecule has 0 aromatic heterocycles. The third kappa shape index (κ3) is 4.45. The third-order valence-corrected chi connectivity index (χ3v) is 3.80. The minimum atomic E-state index is -0.209. The van der Waals surface area contributed by atoms with Crippen LogP contribution in [-0.2, 0) is 6.42 Å². The van der Waals surface area contributed by atoms with Gasteiger partial charge in [-0.3, -0.25) is 0 Å². The van der Waals surface area contributed by atoms with Crippen molar-refractivity contribution < 1.29 is 13.9 Å². The first-order valence-electron chi connectivity index (χ1n) is 7.93. The lowest BCUT2D eigenvalue weighted by molar-refractivity contribution is 0.294. The molecule has 0 saturated heterocycles. The normalized spacial score (nSPS) is 12.0. The molecule has 1 atom stereocenters. The van der Waals surface area contributed by atoms with Crippen molar-refractivity contribution in [2.24, 2.45) is 5.73 Å². The van der Waals surface area contributed by atoms with Crippen LogP contribution >= 0.6 is 0 Å². The van der Waals surface area contributed by atoms with E-state index in [0.717, 1.165) is 17.7 Å². The van der Waals surface area contributed by atoms with Crippen molar-refractivity contribution in [1.29, 1.82) is 0 Å². The first-order valence-corrected chi connectivity index (χ1v) is 7.93. The number of rotatable bonds is 8. The Bertz CT molecular complexity index is 631. The molecule has 2 rings (SSSR count). The van der Waals surface area contributed by atoms with E-state index in [9.17, 15) is 4.39 Å². The van der Waals surface area contributed by atoms with Gasteiger partial charge in [-0.05, 0) is 48.7 Å². The van der Waals surface area contributed by atoms with Crippen molar-refractivity contribution >= 4 is 0 Å². The van der Waals surface area contributed by atoms with Crippen LogP contribution in [0.3, 0.4) is 0 Å². The minimum Gasteiger partial charge on any atom is -0.493 e. The van der Waals surface area contributed by atoms with Crippen molar-refractivity contribution in [2.75, 3.05) is 20.3 Å². The highest BCUT2D eigenvalue weighted by molar-refractivity contribution is 5.43. The smallest absolute Gasteiger partial charge is 0.161 e. The van der Waals surface area contributed by atoms with E-state index < -0.39 is 0 Å². The van der Waals surface area contributed by atoms with Gasteiger partial charge in [0.15, 0.2) is 11.5 Å². The van der Waals surface area contributed by atoms with Crippen molar-refractivity contribution in [3.63, 3.8) is 0 Å². The number of methoxy groups -OCH3 is 1. The van der Waals surface area contributed by atoms with Crippen LogP contribution in [0.1, 0.15) is 30.4 Å². The Labute approximate surface area is 137 Å². The van der Waals surface area contributed by atoms with E-state index in [4.69, 9.17) is 15.2 Å². The summed E-state index contributed by atoms with van der Waals surface area (Å²) in [6.45, 7) is 3.07. The summed E-state index contributed by atoms with van der Waals surface area (Å²) >= 11 is 0. The van der Waals surface area contributed by atoms with E-state index in [1.807, 2.05) is 24.3 Å². The summed E-state index contributed by atoms with van der Waals surface area (Å²) in [6, 6.07) is 12.6. The number of hydrogen-bond acceptors (Lipinski definition) is 3. The molecule has 0 radical (unpaired) electrons. The van der Waals surface area contributed by atoms with Gasteiger partial charge in [0, 0.05) is 5.92 Å². The lowest BCUT2D eigenvalue weighted by Crippen LogP contribution is -2.16. The largest absolute Gasteiger partial charge is 0.493 e. The van der Waals surface area contributed by atoms with Crippen molar-refractivity contribution in [3.8, 4) is 11.5 Å². The highest BCUT2D eigenvalue weighted by atomic mass is 19.1. The van der Waals surface area contributed by atoms with E-state index in [1.54, 1.807) is 19.2 Å². The maximum absolute atomic E-state index is 14.0. The molecule has 4 heteroatoms. The molecule has 2 aromatic rings. The molecule has 0 amide bonds. The standard InChI is InChI=1S/C19H24FNO2/c1-3-10-23-19-12-14(8-9-18(19)22-2)11-15(13-21)16-6-4-5-7-17(16)20/h4-9,12,15H,3,10-11,13,21H2,1-2H3. The molecule has 2 N–H and O–H groups in total. The molecule has 0 aliphatic heterocycles. The van der Waals surface area contributed by atoms with Crippen molar-refractivity contribution in [3.05, 3.63) is 59.4 Å². The van der Waals surface area contributed by atoms with E-state index in [2.05, 4.69) is 6.92 Å². The molecule has 0 aliphatic carbocycles. The van der Waals surface area contributed by atoms with E-state index in [0.29, 0.717) is 30.9 Å². The Morgan fingerprint density at radius 1 is 1.13 bits per heavy atom. The second-order valence-electron chi connectivity index (χ2n) is 5.49. The SMILES string of the molecule is CCCOc1cc(CC(CN)c2ccccc2F)ccc1OC. The molecule has 124 valence electrons. The first kappa shape index (κ1) is 17.3. The van der Waals surface area contributed by atoms with Gasteiger partial charge in [0.25, 0.3) is 0 Å². The molecule has 3 nitrogen and oxygen atoms in total. The maximum atomic E-state index is 14.0. The summed E-state index contributed by atoms with van der Waals surface area (Å²) in [4.78, 5) is 0. The van der Waals surface area contributed by atoms with Crippen LogP contribution in [0.2, 0.25) is 0 Å². The first-order chi connectivity index (χ1) is 11.2. The highest BCUT2D eigenvalue weighted by Gasteiger charge is 2.16. The molecule has 2 aromatic carbocycles. The molecule has 0 fully saturated rings. The van der Waals surface area contributed by atoms with Crippen LogP contribution in [0.25, 0.3) is 0 Å². The molecule has 0 heterocycles. The van der Waals surface area contributed by atoms with Gasteiger partial charge in [-0.2, -0.15) is 0 Å². The number of halogens is 1. The van der Waals surface area contributed by atoms with E-state index in [1.165, 1.54) is 6.07 Å². The van der Waals surface area contributed by atoms with Gasteiger partial charge < -0.3 is 15.2 Å². The van der Waals surface area contributed by atoms with Gasteiger partial charge in [-0.25, -0.2) is 4.39 Å².